The first-order valence-corrected chi connectivity index (χ1v) is 7.97. The van der Waals surface area contributed by atoms with Crippen molar-refractivity contribution in [2.24, 2.45) is 5.92 Å². The van der Waals surface area contributed by atoms with E-state index in [2.05, 4.69) is 50.9 Å². The minimum atomic E-state index is 0.340. The van der Waals surface area contributed by atoms with Crippen LogP contribution >= 0.6 is 31.9 Å². The van der Waals surface area contributed by atoms with Crippen LogP contribution in [-0.2, 0) is 4.74 Å². The van der Waals surface area contributed by atoms with Gasteiger partial charge in [-0.3, -0.25) is 0 Å². The number of ether oxygens (including phenoxy) is 2. The summed E-state index contributed by atoms with van der Waals surface area (Å²) in [5.74, 6) is 1.42. The Morgan fingerprint density at radius 3 is 2.89 bits per heavy atom. The van der Waals surface area contributed by atoms with Crippen LogP contribution in [0, 0.1) is 5.92 Å². The molecule has 1 heterocycles. The van der Waals surface area contributed by atoms with E-state index in [0.29, 0.717) is 16.8 Å². The third-order valence-electron chi connectivity index (χ3n) is 3.53. The number of alkyl halides is 1. The molecule has 3 atom stereocenters. The van der Waals surface area contributed by atoms with Gasteiger partial charge in [-0.2, -0.15) is 0 Å². The first-order valence-electron chi connectivity index (χ1n) is 6.26. The Morgan fingerprint density at radius 2 is 2.28 bits per heavy atom. The third kappa shape index (κ3) is 2.91. The smallest absolute Gasteiger partial charge is 0.133 e. The van der Waals surface area contributed by atoms with Crippen molar-refractivity contribution in [3.63, 3.8) is 0 Å². The van der Waals surface area contributed by atoms with Gasteiger partial charge in [0.25, 0.3) is 0 Å². The highest BCUT2D eigenvalue weighted by atomic mass is 79.9. The van der Waals surface area contributed by atoms with Crippen molar-refractivity contribution in [1.82, 2.24) is 0 Å². The summed E-state index contributed by atoms with van der Waals surface area (Å²) in [5, 5.41) is 0. The topological polar surface area (TPSA) is 18.5 Å². The number of halogens is 2. The molecule has 0 saturated carbocycles. The first kappa shape index (κ1) is 14.4. The Kier molecular flexibility index (Phi) is 5.10. The fraction of sp³-hybridized carbons (Fsp3) is 0.571. The highest BCUT2D eigenvalue weighted by molar-refractivity contribution is 9.10. The van der Waals surface area contributed by atoms with Crippen LogP contribution in [0.5, 0.6) is 5.75 Å². The molecule has 0 aliphatic carbocycles. The van der Waals surface area contributed by atoms with E-state index in [0.717, 1.165) is 29.7 Å². The highest BCUT2D eigenvalue weighted by Gasteiger charge is 2.33. The molecular weight excluding hydrogens is 360 g/mol. The van der Waals surface area contributed by atoms with Gasteiger partial charge < -0.3 is 9.47 Å². The van der Waals surface area contributed by atoms with E-state index in [1.54, 1.807) is 7.11 Å². The van der Waals surface area contributed by atoms with Gasteiger partial charge in [-0.05, 0) is 46.5 Å². The van der Waals surface area contributed by atoms with E-state index in [9.17, 15) is 0 Å². The van der Waals surface area contributed by atoms with Gasteiger partial charge in [0.05, 0.1) is 17.7 Å². The molecule has 2 nitrogen and oxygen atoms in total. The van der Waals surface area contributed by atoms with Crippen molar-refractivity contribution in [3.05, 3.63) is 28.2 Å². The fourth-order valence-corrected chi connectivity index (χ4v) is 3.97. The van der Waals surface area contributed by atoms with Crippen molar-refractivity contribution in [1.29, 1.82) is 0 Å². The summed E-state index contributed by atoms with van der Waals surface area (Å²) in [6.45, 7) is 3.06. The van der Waals surface area contributed by atoms with Crippen LogP contribution in [0.3, 0.4) is 0 Å². The summed E-state index contributed by atoms with van der Waals surface area (Å²) in [7, 11) is 1.68. The van der Waals surface area contributed by atoms with E-state index < -0.39 is 0 Å². The van der Waals surface area contributed by atoms with Gasteiger partial charge in [0, 0.05) is 17.4 Å². The van der Waals surface area contributed by atoms with Crippen molar-refractivity contribution >= 4 is 31.9 Å². The molecule has 0 spiro atoms. The van der Waals surface area contributed by atoms with Gasteiger partial charge >= 0.3 is 0 Å². The summed E-state index contributed by atoms with van der Waals surface area (Å²) >= 11 is 7.37. The molecule has 1 aliphatic rings. The molecule has 18 heavy (non-hydrogen) atoms. The lowest BCUT2D eigenvalue weighted by molar-refractivity contribution is 0.0873. The van der Waals surface area contributed by atoms with Gasteiger partial charge in [-0.25, -0.2) is 0 Å². The lowest BCUT2D eigenvalue weighted by Crippen LogP contribution is -2.18. The van der Waals surface area contributed by atoms with Crippen LogP contribution in [0.15, 0.2) is 22.7 Å². The summed E-state index contributed by atoms with van der Waals surface area (Å²) in [6, 6.07) is 6.25. The Hall–Kier alpha value is -0.0600. The van der Waals surface area contributed by atoms with Crippen molar-refractivity contribution < 1.29 is 9.47 Å². The van der Waals surface area contributed by atoms with Crippen LogP contribution in [0.4, 0.5) is 0 Å². The van der Waals surface area contributed by atoms with E-state index in [1.165, 1.54) is 5.56 Å². The predicted octanol–water partition coefficient (Wildman–Crippen LogP) is 4.71. The summed E-state index contributed by atoms with van der Waals surface area (Å²) in [4.78, 5) is 0.340. The average molecular weight is 378 g/mol. The maximum absolute atomic E-state index is 5.77. The molecule has 100 valence electrons. The van der Waals surface area contributed by atoms with Crippen molar-refractivity contribution in [2.45, 2.75) is 30.7 Å². The molecule has 2 rings (SSSR count). The maximum atomic E-state index is 5.77. The molecule has 0 aromatic heterocycles. The van der Waals surface area contributed by atoms with E-state index in [1.807, 2.05) is 6.07 Å². The third-order valence-corrected chi connectivity index (χ3v) is 5.36. The fourth-order valence-electron chi connectivity index (χ4n) is 2.52. The summed E-state index contributed by atoms with van der Waals surface area (Å²) < 4.78 is 12.0. The molecule has 0 N–H and O–H groups in total. The molecule has 1 saturated heterocycles. The predicted molar refractivity (Wildman–Crippen MR) is 80.5 cm³/mol. The lowest BCUT2D eigenvalue weighted by Gasteiger charge is -2.23. The van der Waals surface area contributed by atoms with E-state index >= 15 is 0 Å². The van der Waals surface area contributed by atoms with Crippen molar-refractivity contribution in [2.75, 3.05) is 13.7 Å². The second-order valence-electron chi connectivity index (χ2n) is 4.57. The maximum Gasteiger partial charge on any atom is 0.133 e. The van der Waals surface area contributed by atoms with Gasteiger partial charge in [-0.15, -0.1) is 0 Å². The Balaban J connectivity index is 2.18. The van der Waals surface area contributed by atoms with Crippen LogP contribution < -0.4 is 4.74 Å². The van der Waals surface area contributed by atoms with Crippen LogP contribution in [0.1, 0.15) is 30.2 Å². The van der Waals surface area contributed by atoms with E-state index in [4.69, 9.17) is 9.47 Å². The molecule has 1 fully saturated rings. The van der Waals surface area contributed by atoms with Gasteiger partial charge in [0.2, 0.25) is 0 Å². The van der Waals surface area contributed by atoms with Gasteiger partial charge in [0.1, 0.15) is 5.75 Å². The molecule has 0 bridgehead atoms. The lowest BCUT2D eigenvalue weighted by atomic mass is 9.92. The minimum Gasteiger partial charge on any atom is -0.496 e. The largest absolute Gasteiger partial charge is 0.496 e. The SMILES string of the molecule is CCC1OCCC1C(Br)c1ccc(OC)c(Br)c1. The van der Waals surface area contributed by atoms with Gasteiger partial charge in [0.15, 0.2) is 0 Å². The zero-order valence-electron chi connectivity index (χ0n) is 10.7. The molecule has 4 heteroatoms. The highest BCUT2D eigenvalue weighted by Crippen LogP contribution is 2.42. The number of hydrogen-bond acceptors (Lipinski definition) is 2. The zero-order valence-corrected chi connectivity index (χ0v) is 13.8. The zero-order chi connectivity index (χ0) is 13.1. The number of rotatable bonds is 4. The molecular formula is C14H18Br2O2. The molecule has 1 aliphatic heterocycles. The molecule has 1 aromatic carbocycles. The molecule has 0 amide bonds. The minimum absolute atomic E-state index is 0.340. The van der Waals surface area contributed by atoms with Gasteiger partial charge in [-0.1, -0.05) is 28.9 Å². The second kappa shape index (κ2) is 6.40. The Labute approximate surface area is 125 Å². The van der Waals surface area contributed by atoms with Crippen LogP contribution in [-0.4, -0.2) is 19.8 Å². The Bertz CT molecular complexity index is 409. The number of benzene rings is 1. The second-order valence-corrected chi connectivity index (χ2v) is 6.41. The van der Waals surface area contributed by atoms with Crippen LogP contribution in [0.2, 0.25) is 0 Å². The number of hydrogen-bond donors (Lipinski definition) is 0. The first-order chi connectivity index (χ1) is 8.67. The monoisotopic (exact) mass is 376 g/mol. The standard InChI is InChI=1S/C14H18Br2O2/c1-3-12-10(6-7-18-12)14(16)9-4-5-13(17-2)11(15)8-9/h4-5,8,10,12,14H,3,6-7H2,1-2H3. The van der Waals surface area contributed by atoms with Crippen molar-refractivity contribution in [3.8, 4) is 5.75 Å². The number of methoxy groups -OCH3 is 1. The molecule has 1 aromatic rings. The molecule has 0 radical (unpaired) electrons. The summed E-state index contributed by atoms with van der Waals surface area (Å²) in [5.41, 5.74) is 1.27. The quantitative estimate of drug-likeness (QED) is 0.707. The van der Waals surface area contributed by atoms with Crippen LogP contribution in [0.25, 0.3) is 0 Å². The summed E-state index contributed by atoms with van der Waals surface area (Å²) in [6.07, 6.45) is 2.57. The Morgan fingerprint density at radius 1 is 1.50 bits per heavy atom. The average Bonchev–Trinajstić information content (AvgIpc) is 2.86. The molecule has 3 unspecified atom stereocenters. The van der Waals surface area contributed by atoms with E-state index in [-0.39, 0.29) is 0 Å². The normalized spacial score (nSPS) is 25.1.